The fourth-order valence-corrected chi connectivity index (χ4v) is 3.47. The Labute approximate surface area is 167 Å². The van der Waals surface area contributed by atoms with Crippen molar-refractivity contribution in [3.05, 3.63) is 52.9 Å². The molecule has 0 saturated carbocycles. The second-order valence-electron chi connectivity index (χ2n) is 6.56. The molecule has 0 aliphatic carbocycles. The Balaban J connectivity index is 1.31. The molecule has 3 aromatic rings. The summed E-state index contributed by atoms with van der Waals surface area (Å²) < 4.78 is 5.24. The molecule has 0 unspecified atom stereocenters. The molecule has 1 aromatic carbocycles. The van der Waals surface area contributed by atoms with Crippen LogP contribution in [0.25, 0.3) is 11.3 Å². The number of nitrogens with two attached hydrogens (primary N) is 1. The molecule has 2 heterocycles. The summed E-state index contributed by atoms with van der Waals surface area (Å²) in [6.45, 7) is 0. The summed E-state index contributed by atoms with van der Waals surface area (Å²) in [6.07, 6.45) is 4.20. The predicted octanol–water partition coefficient (Wildman–Crippen LogP) is 5.15. The van der Waals surface area contributed by atoms with Crippen molar-refractivity contribution >= 4 is 34.4 Å². The number of unbranched alkanes of at least 4 members (excludes halogenated alkanes) is 3. The number of nitrogens with zero attached hydrogens (tertiary/aromatic N) is 1. The standard InChI is InChI=1S/C21H23N3O3S/c22-16-7-5-6-8-17(16)23-21(26)10-4-2-1-3-9-19(25)18-13-20(27-24-18)15-11-12-28-14-15/h5-8,11-14H,1-4,9-10,22H2,(H,23,26). The number of benzene rings is 1. The molecule has 0 fully saturated rings. The van der Waals surface area contributed by atoms with Crippen LogP contribution in [0.4, 0.5) is 11.4 Å². The van der Waals surface area contributed by atoms with E-state index in [9.17, 15) is 9.59 Å². The van der Waals surface area contributed by atoms with Crippen LogP contribution < -0.4 is 11.1 Å². The number of nitrogen functional groups attached to an aromatic ring is 1. The molecule has 1 amide bonds. The van der Waals surface area contributed by atoms with Crippen molar-refractivity contribution in [3.8, 4) is 11.3 Å². The highest BCUT2D eigenvalue weighted by molar-refractivity contribution is 7.08. The summed E-state index contributed by atoms with van der Waals surface area (Å²) in [5.74, 6) is 0.565. The molecule has 0 bridgehead atoms. The lowest BCUT2D eigenvalue weighted by Crippen LogP contribution is -2.12. The van der Waals surface area contributed by atoms with Crippen molar-refractivity contribution in [2.45, 2.75) is 38.5 Å². The van der Waals surface area contributed by atoms with E-state index in [2.05, 4.69) is 10.5 Å². The normalized spacial score (nSPS) is 10.7. The maximum Gasteiger partial charge on any atom is 0.224 e. The lowest BCUT2D eigenvalue weighted by molar-refractivity contribution is -0.116. The Kier molecular flexibility index (Phi) is 6.97. The minimum atomic E-state index is -0.0440. The van der Waals surface area contributed by atoms with Crippen LogP contribution in [0.15, 0.2) is 51.7 Å². The molecule has 3 rings (SSSR count). The fourth-order valence-electron chi connectivity index (χ4n) is 2.82. The van der Waals surface area contributed by atoms with Gasteiger partial charge in [-0.1, -0.05) is 30.1 Å². The van der Waals surface area contributed by atoms with Gasteiger partial charge in [0.25, 0.3) is 0 Å². The number of anilines is 2. The van der Waals surface area contributed by atoms with Gasteiger partial charge in [-0.05, 0) is 36.4 Å². The Hall–Kier alpha value is -2.93. The Morgan fingerprint density at radius 3 is 2.61 bits per heavy atom. The van der Waals surface area contributed by atoms with Gasteiger partial charge in [-0.2, -0.15) is 11.3 Å². The van der Waals surface area contributed by atoms with Gasteiger partial charge in [0, 0.05) is 29.9 Å². The number of ketones is 1. The van der Waals surface area contributed by atoms with Crippen LogP contribution in [0.3, 0.4) is 0 Å². The number of hydrogen-bond donors (Lipinski definition) is 2. The molecular formula is C21H23N3O3S. The van der Waals surface area contributed by atoms with Gasteiger partial charge in [-0.15, -0.1) is 0 Å². The van der Waals surface area contributed by atoms with E-state index >= 15 is 0 Å². The van der Waals surface area contributed by atoms with Gasteiger partial charge in [-0.3, -0.25) is 9.59 Å². The summed E-state index contributed by atoms with van der Waals surface area (Å²) in [4.78, 5) is 24.2. The van der Waals surface area contributed by atoms with Gasteiger partial charge in [0.15, 0.2) is 11.5 Å². The number of rotatable bonds is 10. The van der Waals surface area contributed by atoms with Crippen LogP contribution in [-0.4, -0.2) is 16.8 Å². The highest BCUT2D eigenvalue weighted by Gasteiger charge is 2.13. The van der Waals surface area contributed by atoms with Crippen molar-refractivity contribution in [2.24, 2.45) is 0 Å². The van der Waals surface area contributed by atoms with Crippen LogP contribution in [-0.2, 0) is 4.79 Å². The van der Waals surface area contributed by atoms with E-state index in [1.807, 2.05) is 29.0 Å². The molecule has 0 atom stereocenters. The minimum absolute atomic E-state index is 0.0116. The van der Waals surface area contributed by atoms with E-state index in [0.29, 0.717) is 35.7 Å². The van der Waals surface area contributed by atoms with Crippen LogP contribution in [0.1, 0.15) is 49.0 Å². The van der Waals surface area contributed by atoms with Gasteiger partial charge in [-0.25, -0.2) is 0 Å². The Morgan fingerprint density at radius 2 is 1.86 bits per heavy atom. The Morgan fingerprint density at radius 1 is 1.07 bits per heavy atom. The average molecular weight is 398 g/mol. The van der Waals surface area contributed by atoms with Crippen molar-refractivity contribution in [1.29, 1.82) is 0 Å². The third-order valence-corrected chi connectivity index (χ3v) is 5.08. The zero-order valence-electron chi connectivity index (χ0n) is 15.5. The molecule has 0 aliphatic rings. The minimum Gasteiger partial charge on any atom is -0.397 e. The lowest BCUT2D eigenvalue weighted by atomic mass is 10.1. The van der Waals surface area contributed by atoms with Gasteiger partial charge >= 0.3 is 0 Å². The number of para-hydroxylation sites is 2. The smallest absolute Gasteiger partial charge is 0.224 e. The maximum absolute atomic E-state index is 12.2. The summed E-state index contributed by atoms with van der Waals surface area (Å²) >= 11 is 1.57. The van der Waals surface area contributed by atoms with E-state index in [0.717, 1.165) is 31.2 Å². The molecule has 6 nitrogen and oxygen atoms in total. The maximum atomic E-state index is 12.2. The zero-order chi connectivity index (χ0) is 19.8. The number of nitrogens with one attached hydrogen (secondary N) is 1. The fraction of sp³-hybridized carbons (Fsp3) is 0.286. The first-order valence-electron chi connectivity index (χ1n) is 9.30. The molecule has 28 heavy (non-hydrogen) atoms. The first kappa shape index (κ1) is 19.8. The Bertz CT molecular complexity index is 919. The van der Waals surface area contributed by atoms with Crippen LogP contribution in [0, 0.1) is 0 Å². The molecule has 7 heteroatoms. The molecule has 3 N–H and O–H groups in total. The number of Topliss-reactive ketones (excluding diaryl/α,β-unsaturated/α-hetero) is 1. The molecule has 0 radical (unpaired) electrons. The average Bonchev–Trinajstić information content (AvgIpc) is 3.37. The number of carbonyl (C=O) groups is 2. The number of amides is 1. The largest absolute Gasteiger partial charge is 0.397 e. The topological polar surface area (TPSA) is 98.2 Å². The lowest BCUT2D eigenvalue weighted by Gasteiger charge is -2.07. The summed E-state index contributed by atoms with van der Waals surface area (Å²) in [7, 11) is 0. The molecule has 0 saturated heterocycles. The first-order valence-corrected chi connectivity index (χ1v) is 10.2. The van der Waals surface area contributed by atoms with Crippen LogP contribution in [0.2, 0.25) is 0 Å². The van der Waals surface area contributed by atoms with E-state index in [1.165, 1.54) is 0 Å². The number of thiophene rings is 1. The molecular weight excluding hydrogens is 374 g/mol. The number of aromatic nitrogens is 1. The van der Waals surface area contributed by atoms with E-state index in [1.54, 1.807) is 29.5 Å². The van der Waals surface area contributed by atoms with Gasteiger partial charge < -0.3 is 15.6 Å². The predicted molar refractivity (Wildman–Crippen MR) is 111 cm³/mol. The van der Waals surface area contributed by atoms with Crippen LogP contribution >= 0.6 is 11.3 Å². The third-order valence-electron chi connectivity index (χ3n) is 4.39. The van der Waals surface area contributed by atoms with Gasteiger partial charge in [0.1, 0.15) is 5.69 Å². The number of carbonyl (C=O) groups excluding carboxylic acids is 2. The SMILES string of the molecule is Nc1ccccc1NC(=O)CCCCCCC(=O)c1cc(-c2ccsc2)on1. The van der Waals surface area contributed by atoms with Gasteiger partial charge in [0.2, 0.25) is 5.91 Å². The second kappa shape index (κ2) is 9.85. The highest BCUT2D eigenvalue weighted by Crippen LogP contribution is 2.23. The van der Waals surface area contributed by atoms with Crippen molar-refractivity contribution in [3.63, 3.8) is 0 Å². The number of hydrogen-bond acceptors (Lipinski definition) is 6. The summed E-state index contributed by atoms with van der Waals surface area (Å²) in [5, 5.41) is 10.6. The highest BCUT2D eigenvalue weighted by atomic mass is 32.1. The molecule has 2 aromatic heterocycles. The van der Waals surface area contributed by atoms with Crippen molar-refractivity contribution in [2.75, 3.05) is 11.1 Å². The van der Waals surface area contributed by atoms with Gasteiger partial charge in [0.05, 0.1) is 11.4 Å². The third kappa shape index (κ3) is 5.53. The van der Waals surface area contributed by atoms with E-state index in [-0.39, 0.29) is 11.7 Å². The monoisotopic (exact) mass is 397 g/mol. The van der Waals surface area contributed by atoms with E-state index < -0.39 is 0 Å². The van der Waals surface area contributed by atoms with Crippen molar-refractivity contribution < 1.29 is 14.1 Å². The van der Waals surface area contributed by atoms with Crippen LogP contribution in [0.5, 0.6) is 0 Å². The molecule has 0 spiro atoms. The second-order valence-corrected chi connectivity index (χ2v) is 7.34. The molecule has 146 valence electrons. The first-order chi connectivity index (χ1) is 13.6. The summed E-state index contributed by atoms with van der Waals surface area (Å²) in [6, 6.07) is 10.8. The quantitative estimate of drug-likeness (QED) is 0.280. The van der Waals surface area contributed by atoms with E-state index in [4.69, 9.17) is 10.3 Å². The summed E-state index contributed by atoms with van der Waals surface area (Å²) in [5.41, 5.74) is 8.33. The molecule has 0 aliphatic heterocycles. The van der Waals surface area contributed by atoms with Crippen molar-refractivity contribution in [1.82, 2.24) is 5.16 Å². The zero-order valence-corrected chi connectivity index (χ0v) is 16.3.